The van der Waals surface area contributed by atoms with E-state index in [2.05, 4.69) is 10.1 Å². The number of hydrogen-bond donors (Lipinski definition) is 1. The van der Waals surface area contributed by atoms with Crippen LogP contribution in [0, 0.1) is 0 Å². The highest BCUT2D eigenvalue weighted by Gasteiger charge is 2.53. The minimum Gasteiger partial charge on any atom is -0.464 e. The lowest BCUT2D eigenvalue weighted by atomic mass is 9.77. The van der Waals surface area contributed by atoms with Crippen LogP contribution in [-0.4, -0.2) is 38.2 Å². The Balaban J connectivity index is 2.10. The van der Waals surface area contributed by atoms with Crippen molar-refractivity contribution in [3.63, 3.8) is 0 Å². The summed E-state index contributed by atoms with van der Waals surface area (Å²) in [5, 5.41) is 16.3. The number of nitrogens with zero attached hydrogens (tertiary/aromatic N) is 3. The zero-order valence-electron chi connectivity index (χ0n) is 16.7. The first kappa shape index (κ1) is 22.7. The Morgan fingerprint density at radius 3 is 2.16 bits per heavy atom. The Hall–Kier alpha value is -2.94. The fourth-order valence-corrected chi connectivity index (χ4v) is 3.18. The van der Waals surface area contributed by atoms with Crippen molar-refractivity contribution in [1.29, 1.82) is 0 Å². The van der Waals surface area contributed by atoms with E-state index in [1.165, 1.54) is 26.0 Å². The van der Waals surface area contributed by atoms with Crippen LogP contribution in [0.3, 0.4) is 0 Å². The molecule has 0 aliphatic rings. The molecule has 0 spiro atoms. The van der Waals surface area contributed by atoms with Gasteiger partial charge in [0, 0.05) is 17.0 Å². The first-order chi connectivity index (χ1) is 14.6. The lowest BCUT2D eigenvalue weighted by Gasteiger charge is -2.36. The molecule has 0 saturated heterocycles. The lowest BCUT2D eigenvalue weighted by Crippen LogP contribution is -2.57. The van der Waals surface area contributed by atoms with Crippen LogP contribution in [0.15, 0.2) is 61.2 Å². The van der Waals surface area contributed by atoms with Gasteiger partial charge in [0.05, 0.1) is 5.41 Å². The molecular weight excluding hydrogens is 445 g/mol. The number of halogens is 2. The number of carbonyl (C=O) groups is 2. The number of benzene rings is 2. The molecule has 0 radical (unpaired) electrons. The van der Waals surface area contributed by atoms with Crippen LogP contribution in [0.1, 0.15) is 19.4 Å². The van der Waals surface area contributed by atoms with Gasteiger partial charge in [-0.1, -0.05) is 35.3 Å². The maximum atomic E-state index is 13.8. The van der Waals surface area contributed by atoms with Crippen LogP contribution >= 0.6 is 23.2 Å². The minimum absolute atomic E-state index is 0.154. The first-order valence-electron chi connectivity index (χ1n) is 9.11. The second-order valence-corrected chi connectivity index (χ2v) is 7.83. The molecule has 162 valence electrons. The van der Waals surface area contributed by atoms with Crippen molar-refractivity contribution in [1.82, 2.24) is 14.8 Å². The van der Waals surface area contributed by atoms with Crippen LogP contribution in [0.25, 0.3) is 0 Å². The van der Waals surface area contributed by atoms with Crippen molar-refractivity contribution in [2.75, 3.05) is 6.61 Å². The number of aromatic nitrogens is 3. The molecule has 0 amide bonds. The summed E-state index contributed by atoms with van der Waals surface area (Å²) in [6.07, 6.45) is 2.29. The van der Waals surface area contributed by atoms with Crippen molar-refractivity contribution >= 4 is 35.0 Å². The van der Waals surface area contributed by atoms with Crippen LogP contribution < -0.4 is 4.74 Å². The molecule has 2 aromatic carbocycles. The maximum Gasteiger partial charge on any atom is 0.377 e. The van der Waals surface area contributed by atoms with Crippen LogP contribution in [-0.2, 0) is 25.7 Å². The molecule has 1 heterocycles. The summed E-state index contributed by atoms with van der Waals surface area (Å²) in [5.74, 6) is -3.89. The molecular formula is C21H19Cl2N3O5. The van der Waals surface area contributed by atoms with Crippen molar-refractivity contribution in [3.05, 3.63) is 76.8 Å². The third-order valence-electron chi connectivity index (χ3n) is 4.65. The highest BCUT2D eigenvalue weighted by atomic mass is 35.5. The average molecular weight is 464 g/mol. The SMILES string of the molecule is CC(=O)OCC(C)(C(=O)C(O)(Oc1ccc(Cl)cc1)n1cncn1)c1ccc(Cl)cc1. The molecule has 3 rings (SSSR count). The summed E-state index contributed by atoms with van der Waals surface area (Å²) in [6, 6.07) is 12.4. The zero-order valence-corrected chi connectivity index (χ0v) is 18.2. The lowest BCUT2D eigenvalue weighted by molar-refractivity contribution is -0.218. The number of aliphatic hydroxyl groups is 1. The molecule has 0 aliphatic heterocycles. The average Bonchev–Trinajstić information content (AvgIpc) is 3.29. The van der Waals surface area contributed by atoms with Gasteiger partial charge in [0.25, 0.3) is 0 Å². The highest BCUT2D eigenvalue weighted by Crippen LogP contribution is 2.34. The predicted octanol–water partition coefficient (Wildman–Crippen LogP) is 3.36. The molecule has 0 aliphatic carbocycles. The Labute approximate surface area is 188 Å². The molecule has 2 atom stereocenters. The van der Waals surface area contributed by atoms with E-state index in [0.717, 1.165) is 17.3 Å². The number of rotatable bonds is 8. The zero-order chi connectivity index (χ0) is 22.6. The fourth-order valence-electron chi connectivity index (χ4n) is 2.93. The summed E-state index contributed by atoms with van der Waals surface area (Å²) < 4.78 is 11.8. The number of ether oxygens (including phenoxy) is 2. The second-order valence-electron chi connectivity index (χ2n) is 6.95. The van der Waals surface area contributed by atoms with Gasteiger partial charge in [-0.05, 0) is 48.9 Å². The van der Waals surface area contributed by atoms with E-state index in [-0.39, 0.29) is 12.4 Å². The van der Waals surface area contributed by atoms with Gasteiger partial charge in [-0.25, -0.2) is 4.98 Å². The number of hydrogen-bond acceptors (Lipinski definition) is 7. The smallest absolute Gasteiger partial charge is 0.377 e. The van der Waals surface area contributed by atoms with Crippen molar-refractivity contribution < 1.29 is 24.2 Å². The third kappa shape index (κ3) is 4.87. The topological polar surface area (TPSA) is 104 Å². The summed E-state index contributed by atoms with van der Waals surface area (Å²) in [6.45, 7) is 2.39. The summed E-state index contributed by atoms with van der Waals surface area (Å²) in [5.41, 5.74) is -1.08. The summed E-state index contributed by atoms with van der Waals surface area (Å²) in [7, 11) is 0. The highest BCUT2D eigenvalue weighted by molar-refractivity contribution is 6.30. The Morgan fingerprint density at radius 2 is 1.65 bits per heavy atom. The third-order valence-corrected chi connectivity index (χ3v) is 5.15. The first-order valence-corrected chi connectivity index (χ1v) is 9.87. The van der Waals surface area contributed by atoms with E-state index in [4.69, 9.17) is 32.7 Å². The molecule has 0 bridgehead atoms. The molecule has 31 heavy (non-hydrogen) atoms. The molecule has 0 fully saturated rings. The fraction of sp³-hybridized carbons (Fsp3) is 0.238. The van der Waals surface area contributed by atoms with E-state index < -0.39 is 23.1 Å². The molecule has 1 N–H and O–H groups in total. The van der Waals surface area contributed by atoms with Gasteiger partial charge in [-0.2, -0.15) is 9.78 Å². The molecule has 3 aromatic rings. The van der Waals surface area contributed by atoms with E-state index in [9.17, 15) is 14.7 Å². The van der Waals surface area contributed by atoms with Gasteiger partial charge in [0.15, 0.2) is 0 Å². The molecule has 0 saturated carbocycles. The van der Waals surface area contributed by atoms with Gasteiger partial charge in [-0.3, -0.25) is 9.59 Å². The van der Waals surface area contributed by atoms with Crippen LogP contribution in [0.4, 0.5) is 0 Å². The quantitative estimate of drug-likeness (QED) is 0.403. The van der Waals surface area contributed by atoms with E-state index in [0.29, 0.717) is 15.6 Å². The maximum absolute atomic E-state index is 13.8. The summed E-state index contributed by atoms with van der Waals surface area (Å²) in [4.78, 5) is 29.2. The Kier molecular flexibility index (Phi) is 6.64. The largest absolute Gasteiger partial charge is 0.464 e. The predicted molar refractivity (Wildman–Crippen MR) is 113 cm³/mol. The number of esters is 1. The van der Waals surface area contributed by atoms with E-state index in [1.807, 2.05) is 0 Å². The minimum atomic E-state index is -2.61. The summed E-state index contributed by atoms with van der Waals surface area (Å²) >= 11 is 11.9. The van der Waals surface area contributed by atoms with Crippen LogP contribution in [0.2, 0.25) is 10.0 Å². The van der Waals surface area contributed by atoms with Crippen molar-refractivity contribution in [2.24, 2.45) is 0 Å². The van der Waals surface area contributed by atoms with Gasteiger partial charge in [0.2, 0.25) is 5.78 Å². The van der Waals surface area contributed by atoms with Gasteiger partial charge >= 0.3 is 11.9 Å². The molecule has 2 unspecified atom stereocenters. The molecule has 8 nitrogen and oxygen atoms in total. The van der Waals surface area contributed by atoms with Crippen LogP contribution in [0.5, 0.6) is 5.75 Å². The van der Waals surface area contributed by atoms with Gasteiger partial charge in [-0.15, -0.1) is 0 Å². The molecule has 1 aromatic heterocycles. The molecule has 10 heteroatoms. The Bertz CT molecular complexity index is 1060. The van der Waals surface area contributed by atoms with E-state index in [1.54, 1.807) is 36.4 Å². The Morgan fingerprint density at radius 1 is 1.06 bits per heavy atom. The number of carbonyl (C=O) groups excluding carboxylic acids is 2. The monoisotopic (exact) mass is 463 g/mol. The number of ketones is 1. The standard InChI is InChI=1S/C21H19Cl2N3O5/c1-14(27)30-11-20(2,15-3-5-16(22)6-4-15)19(28)21(29,26-13-24-12-25-26)31-18-9-7-17(23)8-10-18/h3-10,12-13,29H,11H2,1-2H3. The van der Waals surface area contributed by atoms with Crippen molar-refractivity contribution in [2.45, 2.75) is 25.2 Å². The van der Waals surface area contributed by atoms with Gasteiger partial charge < -0.3 is 14.6 Å². The van der Waals surface area contributed by atoms with E-state index >= 15 is 0 Å². The number of Topliss-reactive ketones (excluding diaryl/α,β-unsaturated/α-hetero) is 1. The normalized spacial score (nSPS) is 14.9. The second kappa shape index (κ2) is 9.05. The van der Waals surface area contributed by atoms with Crippen molar-refractivity contribution in [3.8, 4) is 5.75 Å². The van der Waals surface area contributed by atoms with Gasteiger partial charge in [0.1, 0.15) is 25.0 Å².